The van der Waals surface area contributed by atoms with Gasteiger partial charge in [-0.15, -0.1) is 0 Å². The van der Waals surface area contributed by atoms with Crippen molar-refractivity contribution in [2.45, 2.75) is 13.5 Å². The summed E-state index contributed by atoms with van der Waals surface area (Å²) in [6, 6.07) is 3.72. The molecule has 3 rings (SSSR count). The van der Waals surface area contributed by atoms with Crippen molar-refractivity contribution in [1.82, 2.24) is 24.7 Å². The van der Waals surface area contributed by atoms with Crippen LogP contribution in [-0.2, 0) is 6.54 Å². The Morgan fingerprint density at radius 1 is 1.37 bits per heavy atom. The summed E-state index contributed by atoms with van der Waals surface area (Å²) in [5.41, 5.74) is 7.76. The number of aromatic nitrogens is 5. The number of nitrogens with zero attached hydrogens (tertiary/aromatic N) is 4. The van der Waals surface area contributed by atoms with Gasteiger partial charge in [0.1, 0.15) is 5.82 Å². The molecule has 7 heteroatoms. The first-order valence-corrected chi connectivity index (χ1v) is 6.01. The molecule has 0 fully saturated rings. The normalized spacial score (nSPS) is 11.0. The van der Waals surface area contributed by atoms with Gasteiger partial charge in [0, 0.05) is 12.3 Å². The number of ether oxygens (including phenoxy) is 1. The molecule has 98 valence electrons. The van der Waals surface area contributed by atoms with E-state index in [4.69, 9.17) is 10.5 Å². The Morgan fingerprint density at radius 3 is 3.00 bits per heavy atom. The maximum Gasteiger partial charge on any atom is 0.215 e. The van der Waals surface area contributed by atoms with Crippen LogP contribution in [0.25, 0.3) is 11.2 Å². The number of rotatable bonds is 4. The molecule has 0 saturated heterocycles. The zero-order valence-corrected chi connectivity index (χ0v) is 10.5. The number of nitrogen functional groups attached to an aromatic ring is 1. The summed E-state index contributed by atoms with van der Waals surface area (Å²) in [6.45, 7) is 3.03. The van der Waals surface area contributed by atoms with Gasteiger partial charge in [0.25, 0.3) is 0 Å². The maximum absolute atomic E-state index is 5.62. The van der Waals surface area contributed by atoms with E-state index in [2.05, 4.69) is 20.1 Å². The molecule has 0 saturated carbocycles. The standard InChI is InChI=1S/C12H14N6O/c1-2-19-11-4-3-9-12(17-11)16-10(15-9)7-18-6-8(13)5-14-18/h3-6H,2,7,13H2,1H3,(H,15,16,17). The molecule has 0 aliphatic rings. The zero-order chi connectivity index (χ0) is 13.2. The van der Waals surface area contributed by atoms with Crippen molar-refractivity contribution in [3.8, 4) is 5.88 Å². The van der Waals surface area contributed by atoms with E-state index >= 15 is 0 Å². The number of fused-ring (bicyclic) bond motifs is 1. The summed E-state index contributed by atoms with van der Waals surface area (Å²) in [4.78, 5) is 11.9. The predicted molar refractivity (Wildman–Crippen MR) is 70.8 cm³/mol. The fourth-order valence-corrected chi connectivity index (χ4v) is 1.85. The van der Waals surface area contributed by atoms with Gasteiger partial charge in [-0.25, -0.2) is 4.98 Å². The molecule has 7 nitrogen and oxygen atoms in total. The summed E-state index contributed by atoms with van der Waals surface area (Å²) in [5.74, 6) is 1.36. The van der Waals surface area contributed by atoms with Gasteiger partial charge >= 0.3 is 0 Å². The second-order valence-electron chi connectivity index (χ2n) is 4.11. The van der Waals surface area contributed by atoms with Crippen LogP contribution < -0.4 is 10.5 Å². The van der Waals surface area contributed by atoms with Crippen LogP contribution in [0.5, 0.6) is 5.88 Å². The molecular weight excluding hydrogens is 244 g/mol. The van der Waals surface area contributed by atoms with E-state index in [-0.39, 0.29) is 0 Å². The summed E-state index contributed by atoms with van der Waals surface area (Å²) in [7, 11) is 0. The van der Waals surface area contributed by atoms with Crippen molar-refractivity contribution in [2.75, 3.05) is 12.3 Å². The minimum atomic E-state index is 0.525. The van der Waals surface area contributed by atoms with E-state index < -0.39 is 0 Å². The molecule has 19 heavy (non-hydrogen) atoms. The second kappa shape index (κ2) is 4.60. The van der Waals surface area contributed by atoms with E-state index in [9.17, 15) is 0 Å². The van der Waals surface area contributed by atoms with Crippen molar-refractivity contribution in [3.63, 3.8) is 0 Å². The van der Waals surface area contributed by atoms with Crippen LogP contribution in [0.3, 0.4) is 0 Å². The molecule has 3 heterocycles. The molecule has 0 atom stereocenters. The highest BCUT2D eigenvalue weighted by Gasteiger charge is 2.06. The molecule has 0 bridgehead atoms. The van der Waals surface area contributed by atoms with Crippen molar-refractivity contribution < 1.29 is 4.74 Å². The van der Waals surface area contributed by atoms with Gasteiger partial charge in [0.15, 0.2) is 5.65 Å². The predicted octanol–water partition coefficient (Wildman–Crippen LogP) is 1.18. The Kier molecular flexibility index (Phi) is 2.79. The molecule has 0 aliphatic carbocycles. The van der Waals surface area contributed by atoms with Gasteiger partial charge < -0.3 is 15.5 Å². The van der Waals surface area contributed by atoms with Crippen LogP contribution in [-0.4, -0.2) is 31.3 Å². The maximum atomic E-state index is 5.62. The first kappa shape index (κ1) is 11.5. The van der Waals surface area contributed by atoms with Gasteiger partial charge in [-0.2, -0.15) is 10.1 Å². The van der Waals surface area contributed by atoms with Crippen LogP contribution in [0.1, 0.15) is 12.7 Å². The number of hydrogen-bond acceptors (Lipinski definition) is 5. The number of imidazole rings is 1. The van der Waals surface area contributed by atoms with Gasteiger partial charge in [-0.05, 0) is 13.0 Å². The smallest absolute Gasteiger partial charge is 0.215 e. The molecule has 0 aromatic carbocycles. The lowest BCUT2D eigenvalue weighted by atomic mass is 10.4. The van der Waals surface area contributed by atoms with E-state index in [1.807, 2.05) is 19.1 Å². The van der Waals surface area contributed by atoms with Crippen molar-refractivity contribution in [3.05, 3.63) is 30.4 Å². The Morgan fingerprint density at radius 2 is 2.26 bits per heavy atom. The van der Waals surface area contributed by atoms with E-state index in [1.54, 1.807) is 17.1 Å². The lowest BCUT2D eigenvalue weighted by molar-refractivity contribution is 0.328. The quantitative estimate of drug-likeness (QED) is 0.732. The number of aromatic amines is 1. The van der Waals surface area contributed by atoms with Crippen LogP contribution >= 0.6 is 0 Å². The first-order valence-electron chi connectivity index (χ1n) is 6.01. The Balaban J connectivity index is 1.88. The van der Waals surface area contributed by atoms with Crippen LogP contribution in [0.2, 0.25) is 0 Å². The Hall–Kier alpha value is -2.57. The average molecular weight is 258 g/mol. The van der Waals surface area contributed by atoms with Crippen LogP contribution in [0.15, 0.2) is 24.5 Å². The van der Waals surface area contributed by atoms with E-state index in [0.29, 0.717) is 30.4 Å². The summed E-state index contributed by atoms with van der Waals surface area (Å²) < 4.78 is 7.06. The molecule has 3 aromatic heterocycles. The number of nitrogens with one attached hydrogen (secondary N) is 1. The topological polar surface area (TPSA) is 94.6 Å². The van der Waals surface area contributed by atoms with Gasteiger partial charge in [-0.1, -0.05) is 0 Å². The van der Waals surface area contributed by atoms with Crippen LogP contribution in [0.4, 0.5) is 5.69 Å². The molecule has 0 spiro atoms. The summed E-state index contributed by atoms with van der Waals surface area (Å²) in [5, 5.41) is 4.11. The molecular formula is C12H14N6O. The number of hydrogen-bond donors (Lipinski definition) is 2. The molecule has 3 aromatic rings. The zero-order valence-electron chi connectivity index (χ0n) is 10.5. The van der Waals surface area contributed by atoms with Crippen molar-refractivity contribution in [2.24, 2.45) is 0 Å². The highest BCUT2D eigenvalue weighted by molar-refractivity contribution is 5.71. The lowest BCUT2D eigenvalue weighted by Crippen LogP contribution is -2.01. The second-order valence-corrected chi connectivity index (χ2v) is 4.11. The average Bonchev–Trinajstić information content (AvgIpc) is 2.95. The number of H-pyrrole nitrogens is 1. The fourth-order valence-electron chi connectivity index (χ4n) is 1.85. The highest BCUT2D eigenvalue weighted by atomic mass is 16.5. The van der Waals surface area contributed by atoms with E-state index in [1.165, 1.54) is 0 Å². The number of pyridine rings is 1. The minimum Gasteiger partial charge on any atom is -0.478 e. The fraction of sp³-hybridized carbons (Fsp3) is 0.250. The number of nitrogens with two attached hydrogens (primary N) is 1. The minimum absolute atomic E-state index is 0.525. The van der Waals surface area contributed by atoms with Gasteiger partial charge in [-0.3, -0.25) is 4.68 Å². The molecule has 0 radical (unpaired) electrons. The van der Waals surface area contributed by atoms with Gasteiger partial charge in [0.05, 0.1) is 30.6 Å². The molecule has 0 aliphatic heterocycles. The molecule has 0 amide bonds. The van der Waals surface area contributed by atoms with Crippen LogP contribution in [0, 0.1) is 0 Å². The third-order valence-corrected chi connectivity index (χ3v) is 2.63. The highest BCUT2D eigenvalue weighted by Crippen LogP contribution is 2.15. The summed E-state index contributed by atoms with van der Waals surface area (Å²) in [6.07, 6.45) is 3.36. The molecule has 0 unspecified atom stereocenters. The SMILES string of the molecule is CCOc1ccc2[nH]c(Cn3cc(N)cn3)nc2n1. The monoisotopic (exact) mass is 258 g/mol. The third kappa shape index (κ3) is 2.35. The lowest BCUT2D eigenvalue weighted by Gasteiger charge is -1.99. The molecule has 3 N–H and O–H groups in total. The van der Waals surface area contributed by atoms with Gasteiger partial charge in [0.2, 0.25) is 5.88 Å². The van der Waals surface area contributed by atoms with Crippen molar-refractivity contribution in [1.29, 1.82) is 0 Å². The van der Waals surface area contributed by atoms with E-state index in [0.717, 1.165) is 11.3 Å². The Bertz CT molecular complexity index is 701. The Labute approximate surface area is 109 Å². The summed E-state index contributed by atoms with van der Waals surface area (Å²) >= 11 is 0. The number of anilines is 1. The third-order valence-electron chi connectivity index (χ3n) is 2.63. The largest absolute Gasteiger partial charge is 0.478 e. The van der Waals surface area contributed by atoms with Crippen molar-refractivity contribution >= 4 is 16.9 Å². The first-order chi connectivity index (χ1) is 9.24.